The molecule has 0 saturated heterocycles. The van der Waals surface area contributed by atoms with Gasteiger partial charge in [-0.1, -0.05) is 17.8 Å². The number of thioether (sulfide) groups is 1. The van der Waals surface area contributed by atoms with Gasteiger partial charge in [0.25, 0.3) is 5.56 Å². The molecule has 2 heterocycles. The first-order valence-electron chi connectivity index (χ1n) is 8.25. The number of hydrogen-bond acceptors (Lipinski definition) is 6. The number of methoxy groups -OCH3 is 1. The van der Waals surface area contributed by atoms with Crippen molar-refractivity contribution in [2.45, 2.75) is 24.4 Å². The van der Waals surface area contributed by atoms with E-state index in [1.807, 2.05) is 25.3 Å². The number of amides is 1. The van der Waals surface area contributed by atoms with E-state index in [4.69, 9.17) is 9.47 Å². The molecule has 1 aliphatic heterocycles. The van der Waals surface area contributed by atoms with Gasteiger partial charge in [0.2, 0.25) is 5.91 Å². The molecule has 0 radical (unpaired) electrons. The van der Waals surface area contributed by atoms with Crippen molar-refractivity contribution in [3.63, 3.8) is 0 Å². The number of carbonyl (C=O) groups excluding carboxylic acids is 1. The molecule has 1 N–H and O–H groups in total. The Labute approximate surface area is 155 Å². The van der Waals surface area contributed by atoms with Gasteiger partial charge in [0.15, 0.2) is 16.7 Å². The Morgan fingerprint density at radius 2 is 2.12 bits per heavy atom. The first-order valence-corrected chi connectivity index (χ1v) is 9.48. The van der Waals surface area contributed by atoms with Crippen LogP contribution in [-0.2, 0) is 11.8 Å². The molecule has 1 aliphatic rings. The highest BCUT2D eigenvalue weighted by Gasteiger charge is 2.32. The van der Waals surface area contributed by atoms with Crippen LogP contribution in [0, 0.1) is 0 Å². The van der Waals surface area contributed by atoms with E-state index in [9.17, 15) is 9.59 Å². The molecule has 0 spiro atoms. The van der Waals surface area contributed by atoms with Gasteiger partial charge in [-0.15, -0.1) is 0 Å². The van der Waals surface area contributed by atoms with Gasteiger partial charge in [-0.2, -0.15) is 4.98 Å². The third-order valence-electron chi connectivity index (χ3n) is 4.37. The molecule has 26 heavy (non-hydrogen) atoms. The summed E-state index contributed by atoms with van der Waals surface area (Å²) in [5, 5.41) is 3.37. The van der Waals surface area contributed by atoms with Crippen LogP contribution in [0.25, 0.3) is 0 Å². The molecule has 0 bridgehead atoms. The molecule has 0 saturated carbocycles. The maximum atomic E-state index is 12.7. The second kappa shape index (κ2) is 7.41. The predicted molar refractivity (Wildman–Crippen MR) is 101 cm³/mol. The summed E-state index contributed by atoms with van der Waals surface area (Å²) in [7, 11) is 3.35. The first-order chi connectivity index (χ1) is 12.5. The van der Waals surface area contributed by atoms with Crippen molar-refractivity contribution in [2.75, 3.05) is 25.3 Å². The van der Waals surface area contributed by atoms with Crippen LogP contribution in [0.3, 0.4) is 0 Å². The summed E-state index contributed by atoms with van der Waals surface area (Å²) in [5.41, 5.74) is 0.994. The van der Waals surface area contributed by atoms with E-state index < -0.39 is 0 Å². The Kier molecular flexibility index (Phi) is 5.22. The topological polar surface area (TPSA) is 82.5 Å². The molecule has 0 aliphatic carbocycles. The van der Waals surface area contributed by atoms with Gasteiger partial charge >= 0.3 is 0 Å². The Hall–Kier alpha value is -2.48. The zero-order chi connectivity index (χ0) is 18.8. The maximum absolute atomic E-state index is 12.7. The average molecular weight is 375 g/mol. The van der Waals surface area contributed by atoms with E-state index in [1.165, 1.54) is 11.8 Å². The van der Waals surface area contributed by atoms with Crippen molar-refractivity contribution in [1.82, 2.24) is 9.55 Å². The number of nitrogens with one attached hydrogen (secondary N) is 1. The zero-order valence-electron chi connectivity index (χ0n) is 15.2. The highest BCUT2D eigenvalue weighted by Crippen LogP contribution is 2.39. The summed E-state index contributed by atoms with van der Waals surface area (Å²) >= 11 is 1.36. The fourth-order valence-electron chi connectivity index (χ4n) is 3.18. The van der Waals surface area contributed by atoms with Gasteiger partial charge in [-0.05, 0) is 30.9 Å². The predicted octanol–water partition coefficient (Wildman–Crippen LogP) is 2.38. The van der Waals surface area contributed by atoms with Gasteiger partial charge in [-0.3, -0.25) is 9.59 Å². The SMILES string of the molecule is CCOc1ccc([C@@H]2CC(=O)Nc3c2c(=O)nc(SC)n3C)cc1OC. The van der Waals surface area contributed by atoms with Crippen LogP contribution in [0.15, 0.2) is 28.2 Å². The summed E-state index contributed by atoms with van der Waals surface area (Å²) in [6.07, 6.45) is 2.02. The first kappa shape index (κ1) is 18.3. The number of aromatic nitrogens is 2. The van der Waals surface area contributed by atoms with Crippen molar-refractivity contribution in [2.24, 2.45) is 7.05 Å². The molecule has 8 heteroatoms. The van der Waals surface area contributed by atoms with Crippen LogP contribution in [0.5, 0.6) is 11.5 Å². The van der Waals surface area contributed by atoms with E-state index in [0.29, 0.717) is 34.6 Å². The van der Waals surface area contributed by atoms with E-state index in [1.54, 1.807) is 24.8 Å². The van der Waals surface area contributed by atoms with Crippen LogP contribution in [0.2, 0.25) is 0 Å². The van der Waals surface area contributed by atoms with Gasteiger partial charge in [0.1, 0.15) is 5.82 Å². The second-order valence-corrected chi connectivity index (χ2v) is 6.65. The standard InChI is InChI=1S/C18H21N3O4S/c1-5-25-12-7-6-10(8-13(12)24-3)11-9-14(22)19-16-15(11)17(23)20-18(26-4)21(16)2/h6-8,11H,5,9H2,1-4H3,(H,19,22)/t11-/m0/s1. The quantitative estimate of drug-likeness (QED) is 0.638. The monoisotopic (exact) mass is 375 g/mol. The Morgan fingerprint density at radius 1 is 1.35 bits per heavy atom. The maximum Gasteiger partial charge on any atom is 0.279 e. The van der Waals surface area contributed by atoms with E-state index >= 15 is 0 Å². The van der Waals surface area contributed by atoms with Crippen molar-refractivity contribution in [3.05, 3.63) is 39.7 Å². The minimum Gasteiger partial charge on any atom is -0.493 e. The molecular formula is C18H21N3O4S. The Morgan fingerprint density at radius 3 is 2.77 bits per heavy atom. The Balaban J connectivity index is 2.15. The van der Waals surface area contributed by atoms with Gasteiger partial charge in [0.05, 0.1) is 19.3 Å². The van der Waals surface area contributed by atoms with Crippen LogP contribution in [-0.4, -0.2) is 35.4 Å². The van der Waals surface area contributed by atoms with E-state index in [2.05, 4.69) is 10.3 Å². The molecule has 1 atom stereocenters. The summed E-state index contributed by atoms with van der Waals surface area (Å²) in [4.78, 5) is 29.1. The molecule has 3 rings (SSSR count). The van der Waals surface area contributed by atoms with Gasteiger partial charge in [0, 0.05) is 19.4 Å². The van der Waals surface area contributed by atoms with E-state index in [0.717, 1.165) is 5.56 Å². The molecule has 2 aromatic rings. The lowest BCUT2D eigenvalue weighted by Crippen LogP contribution is -2.33. The Bertz CT molecular complexity index is 910. The number of carbonyl (C=O) groups is 1. The molecule has 7 nitrogen and oxygen atoms in total. The number of hydrogen-bond donors (Lipinski definition) is 1. The largest absolute Gasteiger partial charge is 0.493 e. The van der Waals surface area contributed by atoms with Crippen LogP contribution in [0.1, 0.15) is 30.4 Å². The summed E-state index contributed by atoms with van der Waals surface area (Å²) in [6, 6.07) is 5.49. The zero-order valence-corrected chi connectivity index (χ0v) is 16.0. The minimum absolute atomic E-state index is 0.136. The lowest BCUT2D eigenvalue weighted by atomic mass is 9.86. The van der Waals surface area contributed by atoms with Crippen LogP contribution >= 0.6 is 11.8 Å². The third kappa shape index (κ3) is 3.16. The van der Waals surface area contributed by atoms with Crippen molar-refractivity contribution in [1.29, 1.82) is 0 Å². The average Bonchev–Trinajstić information content (AvgIpc) is 2.64. The molecule has 1 aromatic carbocycles. The smallest absolute Gasteiger partial charge is 0.279 e. The molecule has 138 valence electrons. The van der Waals surface area contributed by atoms with Crippen molar-refractivity contribution < 1.29 is 14.3 Å². The van der Waals surface area contributed by atoms with Crippen molar-refractivity contribution >= 4 is 23.5 Å². The molecule has 0 fully saturated rings. The van der Waals surface area contributed by atoms with E-state index in [-0.39, 0.29) is 23.8 Å². The third-order valence-corrected chi connectivity index (χ3v) is 5.10. The molecule has 1 aromatic heterocycles. The number of anilines is 1. The second-order valence-electron chi connectivity index (χ2n) is 5.87. The van der Waals surface area contributed by atoms with Crippen molar-refractivity contribution in [3.8, 4) is 11.5 Å². The number of rotatable bonds is 5. The van der Waals surface area contributed by atoms with Crippen LogP contribution < -0.4 is 20.3 Å². The number of benzene rings is 1. The fourth-order valence-corrected chi connectivity index (χ4v) is 3.72. The van der Waals surface area contributed by atoms with Gasteiger partial charge in [-0.25, -0.2) is 0 Å². The molecular weight excluding hydrogens is 354 g/mol. The number of fused-ring (bicyclic) bond motifs is 1. The normalized spacial score (nSPS) is 16.0. The lowest BCUT2D eigenvalue weighted by molar-refractivity contribution is -0.116. The lowest BCUT2D eigenvalue weighted by Gasteiger charge is -2.27. The van der Waals surface area contributed by atoms with Crippen LogP contribution in [0.4, 0.5) is 5.82 Å². The summed E-state index contributed by atoms with van der Waals surface area (Å²) < 4.78 is 12.7. The summed E-state index contributed by atoms with van der Waals surface area (Å²) in [6.45, 7) is 2.42. The van der Waals surface area contributed by atoms with Gasteiger partial charge < -0.3 is 19.4 Å². The molecule has 1 amide bonds. The fraction of sp³-hybridized carbons (Fsp3) is 0.389. The minimum atomic E-state index is -0.384. The summed E-state index contributed by atoms with van der Waals surface area (Å²) in [5.74, 6) is 1.18. The number of nitrogens with zero attached hydrogens (tertiary/aromatic N) is 2. The number of ether oxygens (including phenoxy) is 2. The highest BCUT2D eigenvalue weighted by atomic mass is 32.2. The molecule has 0 unspecified atom stereocenters. The highest BCUT2D eigenvalue weighted by molar-refractivity contribution is 7.98.